The number of ether oxygens (including phenoxy) is 1. The lowest BCUT2D eigenvalue weighted by Crippen LogP contribution is -2.62. The van der Waals surface area contributed by atoms with Crippen molar-refractivity contribution >= 4 is 41.2 Å². The minimum atomic E-state index is -0.255. The number of benzene rings is 2. The van der Waals surface area contributed by atoms with Crippen molar-refractivity contribution in [2.75, 3.05) is 24.5 Å². The summed E-state index contributed by atoms with van der Waals surface area (Å²) < 4.78 is 6.00. The van der Waals surface area contributed by atoms with E-state index in [-0.39, 0.29) is 47.1 Å². The van der Waals surface area contributed by atoms with Crippen LogP contribution in [0.3, 0.4) is 0 Å². The average Bonchev–Trinajstić information content (AvgIpc) is 3.38. The second-order valence-electron chi connectivity index (χ2n) is 11.4. The molecule has 3 fully saturated rings. The Morgan fingerprint density at radius 1 is 1.09 bits per heavy atom. The van der Waals surface area contributed by atoms with E-state index in [2.05, 4.69) is 21.3 Å². The summed E-state index contributed by atoms with van der Waals surface area (Å²) in [5.74, 6) is 0.656. The first-order chi connectivity index (χ1) is 21.3. The van der Waals surface area contributed by atoms with E-state index < -0.39 is 0 Å². The number of hydrogen-bond acceptors (Lipinski definition) is 7. The van der Waals surface area contributed by atoms with Gasteiger partial charge in [0.2, 0.25) is 11.8 Å². The van der Waals surface area contributed by atoms with Crippen LogP contribution in [-0.2, 0) is 14.4 Å². The van der Waals surface area contributed by atoms with Gasteiger partial charge < -0.3 is 30.9 Å². The zero-order chi connectivity index (χ0) is 30.8. The number of thioether (sulfide) groups is 1. The number of carbonyl (C=O) groups is 4. The van der Waals surface area contributed by atoms with Crippen LogP contribution in [0.2, 0.25) is 0 Å². The van der Waals surface area contributed by atoms with E-state index in [9.17, 15) is 19.2 Å². The van der Waals surface area contributed by atoms with E-state index in [1.165, 1.54) is 31.0 Å². The number of rotatable bonds is 7. The Bertz CT molecular complexity index is 1530. The highest BCUT2D eigenvalue weighted by molar-refractivity contribution is 8.04. The number of carbonyl (C=O) groups excluding carboxylic acids is 4. The van der Waals surface area contributed by atoms with E-state index in [1.54, 1.807) is 4.90 Å². The van der Waals surface area contributed by atoms with E-state index in [0.717, 1.165) is 42.8 Å². The van der Waals surface area contributed by atoms with Gasteiger partial charge in [-0.2, -0.15) is 0 Å². The lowest BCUT2D eigenvalue weighted by atomic mass is 9.86. The summed E-state index contributed by atoms with van der Waals surface area (Å²) in [6.45, 7) is 5.03. The SMILES string of the molecule is CC(=O)N/C=C\C(=O)N1CCC[C@@H](NC(=O)C2=C3NC(=O)N(c4ccc(Oc5ccccc5)cc4C)C4CCNC(S2)C34)C1. The molecule has 0 radical (unpaired) electrons. The lowest BCUT2D eigenvalue weighted by Gasteiger charge is -2.46. The molecule has 0 spiro atoms. The van der Waals surface area contributed by atoms with Gasteiger partial charge in [0.15, 0.2) is 0 Å². The molecule has 5 amide bonds. The number of likely N-dealkylation sites (tertiary alicyclic amines) is 1. The number of piperidine rings is 2. The van der Waals surface area contributed by atoms with Gasteiger partial charge in [-0.05, 0) is 68.6 Å². The van der Waals surface area contributed by atoms with Gasteiger partial charge in [0.1, 0.15) is 11.5 Å². The van der Waals surface area contributed by atoms with Crippen molar-refractivity contribution in [3.05, 3.63) is 77.0 Å². The molecule has 11 nitrogen and oxygen atoms in total. The number of aryl methyl sites for hydroxylation is 1. The molecule has 3 saturated heterocycles. The molecule has 0 aliphatic carbocycles. The zero-order valence-corrected chi connectivity index (χ0v) is 25.5. The fraction of sp³-hybridized carbons (Fsp3) is 0.375. The van der Waals surface area contributed by atoms with Gasteiger partial charge in [-0.15, -0.1) is 0 Å². The van der Waals surface area contributed by atoms with Gasteiger partial charge >= 0.3 is 6.03 Å². The minimum Gasteiger partial charge on any atom is -0.457 e. The minimum absolute atomic E-state index is 0.0445. The molecule has 4 heterocycles. The molecule has 0 aromatic heterocycles. The number of anilines is 1. The molecule has 0 bridgehead atoms. The van der Waals surface area contributed by atoms with Gasteiger partial charge in [-0.25, -0.2) is 4.79 Å². The monoisotopic (exact) mass is 616 g/mol. The summed E-state index contributed by atoms with van der Waals surface area (Å²) in [4.78, 5) is 55.0. The summed E-state index contributed by atoms with van der Waals surface area (Å²) in [6.07, 6.45) is 4.91. The molecule has 4 aliphatic heterocycles. The van der Waals surface area contributed by atoms with Crippen LogP contribution in [0.5, 0.6) is 11.5 Å². The summed E-state index contributed by atoms with van der Waals surface area (Å²) in [7, 11) is 0. The third-order valence-corrected chi connectivity index (χ3v) is 9.69. The highest BCUT2D eigenvalue weighted by atomic mass is 32.2. The Labute approximate surface area is 260 Å². The quantitative estimate of drug-likeness (QED) is 0.351. The van der Waals surface area contributed by atoms with Gasteiger partial charge in [0.25, 0.3) is 5.91 Å². The molecule has 4 N–H and O–H groups in total. The number of hydrogen-bond donors (Lipinski definition) is 4. The molecule has 44 heavy (non-hydrogen) atoms. The number of para-hydroxylation sites is 1. The molecule has 230 valence electrons. The van der Waals surface area contributed by atoms with Crippen molar-refractivity contribution in [2.45, 2.75) is 50.6 Å². The summed E-state index contributed by atoms with van der Waals surface area (Å²) >= 11 is 1.46. The second-order valence-corrected chi connectivity index (χ2v) is 12.6. The highest BCUT2D eigenvalue weighted by Crippen LogP contribution is 2.48. The van der Waals surface area contributed by atoms with Crippen LogP contribution in [0.1, 0.15) is 31.7 Å². The first kappa shape index (κ1) is 29.8. The van der Waals surface area contributed by atoms with Crippen LogP contribution in [0.25, 0.3) is 0 Å². The molecule has 4 atom stereocenters. The topological polar surface area (TPSA) is 132 Å². The van der Waals surface area contributed by atoms with E-state index >= 15 is 0 Å². The third kappa shape index (κ3) is 6.18. The van der Waals surface area contributed by atoms with Crippen LogP contribution >= 0.6 is 11.8 Å². The van der Waals surface area contributed by atoms with Crippen molar-refractivity contribution in [1.82, 2.24) is 26.2 Å². The molecule has 2 aromatic rings. The predicted octanol–water partition coefficient (Wildman–Crippen LogP) is 3.34. The summed E-state index contributed by atoms with van der Waals surface area (Å²) in [5.41, 5.74) is 2.40. The largest absolute Gasteiger partial charge is 0.457 e. The maximum atomic E-state index is 13.7. The Morgan fingerprint density at radius 2 is 1.91 bits per heavy atom. The second kappa shape index (κ2) is 12.7. The first-order valence-corrected chi connectivity index (χ1v) is 15.8. The van der Waals surface area contributed by atoms with Crippen LogP contribution in [0, 0.1) is 12.8 Å². The Balaban J connectivity index is 1.16. The smallest absolute Gasteiger partial charge is 0.326 e. The van der Waals surface area contributed by atoms with Crippen molar-refractivity contribution in [1.29, 1.82) is 0 Å². The number of amides is 5. The van der Waals surface area contributed by atoms with Crippen molar-refractivity contribution in [3.8, 4) is 11.5 Å². The van der Waals surface area contributed by atoms with Crippen LogP contribution in [-0.4, -0.2) is 65.7 Å². The fourth-order valence-electron chi connectivity index (χ4n) is 6.37. The van der Waals surface area contributed by atoms with Gasteiger partial charge in [0, 0.05) is 55.6 Å². The van der Waals surface area contributed by atoms with E-state index in [1.807, 2.05) is 60.4 Å². The third-order valence-electron chi connectivity index (χ3n) is 8.33. The van der Waals surface area contributed by atoms with Gasteiger partial charge in [-0.3, -0.25) is 19.3 Å². The number of nitrogens with zero attached hydrogens (tertiary/aromatic N) is 2. The van der Waals surface area contributed by atoms with E-state index in [4.69, 9.17) is 4.74 Å². The van der Waals surface area contributed by atoms with Gasteiger partial charge in [-0.1, -0.05) is 30.0 Å². The first-order valence-electron chi connectivity index (χ1n) is 14.9. The molecule has 4 aliphatic rings. The van der Waals surface area contributed by atoms with E-state index in [0.29, 0.717) is 29.4 Å². The van der Waals surface area contributed by atoms with Crippen LogP contribution in [0.4, 0.5) is 10.5 Å². The molecular weight excluding hydrogens is 580 g/mol. The summed E-state index contributed by atoms with van der Waals surface area (Å²) in [6, 6.07) is 14.7. The molecule has 0 saturated carbocycles. The Kier molecular flexibility index (Phi) is 8.62. The molecular formula is C32H36N6O5S. The highest BCUT2D eigenvalue weighted by Gasteiger charge is 2.52. The molecule has 12 heteroatoms. The van der Waals surface area contributed by atoms with Crippen molar-refractivity contribution < 1.29 is 23.9 Å². The molecule has 2 aromatic carbocycles. The fourth-order valence-corrected chi connectivity index (χ4v) is 7.77. The van der Waals surface area contributed by atoms with Crippen molar-refractivity contribution in [2.24, 2.45) is 5.92 Å². The number of nitrogens with one attached hydrogen (secondary N) is 4. The van der Waals surface area contributed by atoms with Gasteiger partial charge in [0.05, 0.1) is 16.3 Å². The maximum Gasteiger partial charge on any atom is 0.326 e. The average molecular weight is 617 g/mol. The summed E-state index contributed by atoms with van der Waals surface area (Å²) in [5, 5.41) is 12.2. The van der Waals surface area contributed by atoms with Crippen molar-refractivity contribution in [3.63, 3.8) is 0 Å². The normalized spacial score (nSPS) is 24.5. The molecule has 3 unspecified atom stereocenters. The maximum absolute atomic E-state index is 13.7. The number of urea groups is 1. The van der Waals surface area contributed by atoms with Crippen LogP contribution in [0.15, 0.2) is 71.4 Å². The zero-order valence-electron chi connectivity index (χ0n) is 24.7. The molecule has 6 rings (SSSR count). The van der Waals surface area contributed by atoms with Crippen LogP contribution < -0.4 is 30.9 Å². The predicted molar refractivity (Wildman–Crippen MR) is 168 cm³/mol. The Hall–Kier alpha value is -4.29. The lowest BCUT2D eigenvalue weighted by molar-refractivity contribution is -0.128. The Morgan fingerprint density at radius 3 is 2.68 bits per heavy atom. The standard InChI is InChI=1S/C32H36N6O5S/c1-19-17-23(43-22-8-4-3-5-9-22)10-11-24(19)38-25-12-14-34-31-27(25)28(36-32(38)42)29(44-31)30(41)35-21-7-6-16-37(18-21)26(40)13-15-33-20(2)39/h3-5,8-11,13,15,17,21,25,27,31,34H,6-7,12,14,16,18H2,1-2H3,(H,33,39)(H,35,41)(H,36,42)/b15-13-/t21-,25?,27?,31?/m1/s1.